The van der Waals surface area contributed by atoms with Gasteiger partial charge in [0.15, 0.2) is 0 Å². The van der Waals surface area contributed by atoms with Gasteiger partial charge in [-0.3, -0.25) is 4.79 Å². The molecule has 3 nitrogen and oxygen atoms in total. The van der Waals surface area contributed by atoms with Crippen LogP contribution in [0.1, 0.15) is 63.8 Å². The molecular formula is C20H28N2OS. The summed E-state index contributed by atoms with van der Waals surface area (Å²) in [6.07, 6.45) is 1.68. The van der Waals surface area contributed by atoms with Crippen molar-refractivity contribution in [2.24, 2.45) is 0 Å². The summed E-state index contributed by atoms with van der Waals surface area (Å²) in [5, 5.41) is 4.18. The minimum absolute atomic E-state index is 0.0354. The van der Waals surface area contributed by atoms with Crippen LogP contribution in [-0.2, 0) is 16.6 Å². The Morgan fingerprint density at radius 1 is 1.04 bits per heavy atom. The molecule has 0 radical (unpaired) electrons. The molecule has 0 aliphatic rings. The Morgan fingerprint density at radius 2 is 1.71 bits per heavy atom. The van der Waals surface area contributed by atoms with E-state index in [2.05, 4.69) is 64.8 Å². The van der Waals surface area contributed by atoms with Crippen LogP contribution in [0.15, 0.2) is 35.3 Å². The Bertz CT molecular complexity index is 779. The van der Waals surface area contributed by atoms with Gasteiger partial charge in [0.1, 0.15) is 0 Å². The number of aryl methyl sites for hydroxylation is 1. The third kappa shape index (κ3) is 4.29. The van der Waals surface area contributed by atoms with E-state index in [0.717, 1.165) is 11.3 Å². The van der Waals surface area contributed by atoms with E-state index < -0.39 is 0 Å². The summed E-state index contributed by atoms with van der Waals surface area (Å²) in [6, 6.07) is 8.50. The summed E-state index contributed by atoms with van der Waals surface area (Å²) in [6.45, 7) is 15.2. The number of rotatable bonds is 3. The van der Waals surface area contributed by atoms with Crippen molar-refractivity contribution in [3.05, 3.63) is 63.1 Å². The molecule has 24 heavy (non-hydrogen) atoms. The lowest BCUT2D eigenvalue weighted by Crippen LogP contribution is -2.21. The zero-order chi connectivity index (χ0) is 18.1. The lowest BCUT2D eigenvalue weighted by molar-refractivity contribution is 0.572. The topological polar surface area (TPSA) is 34.9 Å². The molecule has 0 fully saturated rings. The third-order valence-corrected chi connectivity index (χ3v) is 5.07. The maximum atomic E-state index is 12.2. The molecule has 2 aromatic rings. The molecular weight excluding hydrogens is 316 g/mol. The van der Waals surface area contributed by atoms with E-state index in [1.807, 2.05) is 6.92 Å². The number of nitrogens with zero attached hydrogens (tertiary/aromatic N) is 2. The number of hydrogen-bond acceptors (Lipinski definition) is 3. The minimum atomic E-state index is -0.0354. The van der Waals surface area contributed by atoms with Crippen molar-refractivity contribution in [1.82, 2.24) is 9.19 Å². The van der Waals surface area contributed by atoms with E-state index in [0.29, 0.717) is 0 Å². The summed E-state index contributed by atoms with van der Waals surface area (Å²) >= 11 is 1.46. The zero-order valence-corrected chi connectivity index (χ0v) is 16.6. The van der Waals surface area contributed by atoms with Gasteiger partial charge in [0, 0.05) is 17.5 Å². The standard InChI is InChI=1S/C20H28N2OS/c1-14-10-11-21-22(18(14)23)24-13-15-12-16(19(2,3)4)8-9-17(15)20(5,6)7/h8-12H,13H2,1-7H3. The van der Waals surface area contributed by atoms with E-state index >= 15 is 0 Å². The molecule has 0 aliphatic heterocycles. The molecule has 1 aromatic carbocycles. The highest BCUT2D eigenvalue weighted by Gasteiger charge is 2.21. The first-order chi connectivity index (χ1) is 11.0. The van der Waals surface area contributed by atoms with Gasteiger partial charge in [0.25, 0.3) is 5.56 Å². The molecule has 0 saturated heterocycles. The molecule has 0 amide bonds. The van der Waals surface area contributed by atoms with Gasteiger partial charge in [0.2, 0.25) is 0 Å². The van der Waals surface area contributed by atoms with Gasteiger partial charge in [-0.2, -0.15) is 9.19 Å². The van der Waals surface area contributed by atoms with E-state index in [1.54, 1.807) is 12.3 Å². The molecule has 0 atom stereocenters. The van der Waals surface area contributed by atoms with Crippen molar-refractivity contribution in [2.75, 3.05) is 0 Å². The van der Waals surface area contributed by atoms with Crippen LogP contribution in [0.4, 0.5) is 0 Å². The van der Waals surface area contributed by atoms with Crippen LogP contribution in [0.25, 0.3) is 0 Å². The number of benzene rings is 1. The Balaban J connectivity index is 2.40. The second kappa shape index (κ2) is 6.75. The Labute approximate surface area is 149 Å². The first-order valence-corrected chi connectivity index (χ1v) is 9.26. The Morgan fingerprint density at radius 3 is 2.29 bits per heavy atom. The molecule has 1 heterocycles. The Kier molecular flexibility index (Phi) is 5.28. The first-order valence-electron chi connectivity index (χ1n) is 8.32. The number of aromatic nitrogens is 2. The summed E-state index contributed by atoms with van der Waals surface area (Å²) in [4.78, 5) is 12.2. The van der Waals surface area contributed by atoms with Crippen molar-refractivity contribution >= 4 is 11.9 Å². The summed E-state index contributed by atoms with van der Waals surface area (Å²) in [5.74, 6) is 0.729. The van der Waals surface area contributed by atoms with Gasteiger partial charge in [0.05, 0.1) is 0 Å². The lowest BCUT2D eigenvalue weighted by Gasteiger charge is -2.26. The van der Waals surface area contributed by atoms with Gasteiger partial charge < -0.3 is 0 Å². The van der Waals surface area contributed by atoms with Crippen LogP contribution in [0.2, 0.25) is 0 Å². The largest absolute Gasteiger partial charge is 0.280 e. The molecule has 130 valence electrons. The Hall–Kier alpha value is -1.55. The fraction of sp³-hybridized carbons (Fsp3) is 0.500. The SMILES string of the molecule is Cc1ccnn(SCc2cc(C(C)(C)C)ccc2C(C)(C)C)c1=O. The fourth-order valence-corrected chi connectivity index (χ4v) is 3.50. The molecule has 0 spiro atoms. The fourth-order valence-electron chi connectivity index (χ4n) is 2.61. The normalized spacial score (nSPS) is 12.5. The van der Waals surface area contributed by atoms with Crippen LogP contribution in [0.5, 0.6) is 0 Å². The molecule has 4 heteroatoms. The second-order valence-electron chi connectivity index (χ2n) is 8.34. The van der Waals surface area contributed by atoms with Gasteiger partial charge >= 0.3 is 0 Å². The predicted molar refractivity (Wildman–Crippen MR) is 104 cm³/mol. The highest BCUT2D eigenvalue weighted by Crippen LogP contribution is 2.32. The van der Waals surface area contributed by atoms with E-state index in [1.165, 1.54) is 32.7 Å². The average molecular weight is 345 g/mol. The third-order valence-electron chi connectivity index (χ3n) is 4.13. The van der Waals surface area contributed by atoms with Crippen molar-refractivity contribution in [1.29, 1.82) is 0 Å². The van der Waals surface area contributed by atoms with Gasteiger partial charge in [-0.15, -0.1) is 0 Å². The van der Waals surface area contributed by atoms with Crippen LogP contribution in [-0.4, -0.2) is 9.19 Å². The van der Waals surface area contributed by atoms with E-state index in [-0.39, 0.29) is 16.4 Å². The maximum Gasteiger partial charge on any atom is 0.280 e. The molecule has 2 rings (SSSR count). The molecule has 0 N–H and O–H groups in total. The molecule has 0 bridgehead atoms. The van der Waals surface area contributed by atoms with Gasteiger partial charge in [-0.1, -0.05) is 59.7 Å². The molecule has 0 saturated carbocycles. The summed E-state index contributed by atoms with van der Waals surface area (Å²) in [7, 11) is 0. The lowest BCUT2D eigenvalue weighted by atomic mass is 9.80. The maximum absolute atomic E-state index is 12.2. The van der Waals surface area contributed by atoms with Gasteiger partial charge in [-0.05, 0) is 52.5 Å². The number of hydrogen-bond donors (Lipinski definition) is 0. The van der Waals surface area contributed by atoms with E-state index in [4.69, 9.17) is 0 Å². The molecule has 0 aliphatic carbocycles. The summed E-state index contributed by atoms with van der Waals surface area (Å²) < 4.78 is 1.49. The molecule has 0 unspecified atom stereocenters. The highest BCUT2D eigenvalue weighted by atomic mass is 32.2. The van der Waals surface area contributed by atoms with Crippen LogP contribution >= 0.6 is 11.9 Å². The first kappa shape index (κ1) is 18.8. The monoisotopic (exact) mass is 344 g/mol. The highest BCUT2D eigenvalue weighted by molar-refractivity contribution is 7.96. The van der Waals surface area contributed by atoms with E-state index in [9.17, 15) is 4.79 Å². The quantitative estimate of drug-likeness (QED) is 0.799. The van der Waals surface area contributed by atoms with Crippen molar-refractivity contribution in [3.63, 3.8) is 0 Å². The average Bonchev–Trinajstić information content (AvgIpc) is 2.46. The van der Waals surface area contributed by atoms with Crippen molar-refractivity contribution < 1.29 is 0 Å². The molecule has 1 aromatic heterocycles. The zero-order valence-electron chi connectivity index (χ0n) is 15.8. The summed E-state index contributed by atoms with van der Waals surface area (Å²) in [5.41, 5.74) is 4.77. The van der Waals surface area contributed by atoms with Crippen LogP contribution < -0.4 is 5.56 Å². The predicted octanol–water partition coefficient (Wildman–Crippen LogP) is 4.84. The van der Waals surface area contributed by atoms with Crippen molar-refractivity contribution in [3.8, 4) is 0 Å². The van der Waals surface area contributed by atoms with Gasteiger partial charge in [-0.25, -0.2) is 0 Å². The smallest absolute Gasteiger partial charge is 0.267 e. The second-order valence-corrected chi connectivity index (χ2v) is 9.23. The minimum Gasteiger partial charge on any atom is -0.267 e. The van der Waals surface area contributed by atoms with Crippen LogP contribution in [0.3, 0.4) is 0 Å². The van der Waals surface area contributed by atoms with Crippen molar-refractivity contribution in [2.45, 2.75) is 65.0 Å². The van der Waals surface area contributed by atoms with Crippen LogP contribution in [0, 0.1) is 6.92 Å².